The van der Waals surface area contributed by atoms with Gasteiger partial charge >= 0.3 is 0 Å². The van der Waals surface area contributed by atoms with Crippen LogP contribution in [0.1, 0.15) is 22.2 Å². The van der Waals surface area contributed by atoms with E-state index < -0.39 is 41.2 Å². The van der Waals surface area contributed by atoms with Crippen molar-refractivity contribution in [3.8, 4) is 0 Å². The fourth-order valence-electron chi connectivity index (χ4n) is 2.15. The summed E-state index contributed by atoms with van der Waals surface area (Å²) in [4.78, 5) is 7.70. The van der Waals surface area contributed by atoms with Gasteiger partial charge in [-0.05, 0) is 23.7 Å². The maximum Gasteiger partial charge on any atom is 0.144 e. The molecule has 3 rings (SSSR count). The fraction of sp³-hybridized carbons (Fsp3) is 0.0588. The molecule has 110 valence electrons. The highest BCUT2D eigenvalue weighted by Gasteiger charge is 2.36. The summed E-state index contributed by atoms with van der Waals surface area (Å²) < 4.78 is 45.7. The Morgan fingerprint density at radius 2 is 1.68 bits per heavy atom. The van der Waals surface area contributed by atoms with E-state index in [0.717, 1.165) is 0 Å². The molecule has 1 N–H and O–H groups in total. The molecular formula is C17H12ClFN2O. The molecule has 3 aromatic rings. The average Bonchev–Trinajstić information content (AvgIpc) is 2.66. The van der Waals surface area contributed by atoms with Crippen molar-refractivity contribution in [2.45, 2.75) is 5.60 Å². The molecule has 0 fully saturated rings. The predicted octanol–water partition coefficient (Wildman–Crippen LogP) is 3.55. The molecule has 3 nitrogen and oxygen atoms in total. The zero-order valence-corrected chi connectivity index (χ0v) is 11.9. The first kappa shape index (κ1) is 10.4. The van der Waals surface area contributed by atoms with Crippen molar-refractivity contribution in [1.29, 1.82) is 0 Å². The number of halogens is 2. The lowest BCUT2D eigenvalue weighted by molar-refractivity contribution is 0.125. The summed E-state index contributed by atoms with van der Waals surface area (Å²) in [7, 11) is 0. The van der Waals surface area contributed by atoms with Crippen LogP contribution in [-0.4, -0.2) is 15.1 Å². The lowest BCUT2D eigenvalue weighted by atomic mass is 9.81. The highest BCUT2D eigenvalue weighted by atomic mass is 35.5. The zero-order valence-electron chi connectivity index (χ0n) is 15.1. The van der Waals surface area contributed by atoms with Crippen LogP contribution in [0.2, 0.25) is 5.02 Å². The van der Waals surface area contributed by atoms with E-state index in [2.05, 4.69) is 9.97 Å². The van der Waals surface area contributed by atoms with Gasteiger partial charge in [0.2, 0.25) is 0 Å². The normalized spacial score (nSPS) is 16.1. The second-order valence-corrected chi connectivity index (χ2v) is 4.91. The fourth-order valence-corrected chi connectivity index (χ4v) is 2.43. The van der Waals surface area contributed by atoms with Gasteiger partial charge in [0.1, 0.15) is 17.7 Å². The van der Waals surface area contributed by atoms with Gasteiger partial charge in [0.25, 0.3) is 0 Å². The third kappa shape index (κ3) is 2.47. The van der Waals surface area contributed by atoms with Crippen molar-refractivity contribution in [1.82, 2.24) is 9.97 Å². The zero-order chi connectivity index (χ0) is 19.1. The second kappa shape index (κ2) is 5.83. The Bertz CT molecular complexity index is 961. The first-order valence-corrected chi connectivity index (χ1v) is 6.67. The molecule has 0 bridgehead atoms. The molecule has 1 aromatic heterocycles. The molecular weight excluding hydrogens is 303 g/mol. The maximum atomic E-state index is 14.0. The molecule has 5 heteroatoms. The van der Waals surface area contributed by atoms with Crippen molar-refractivity contribution in [3.63, 3.8) is 0 Å². The summed E-state index contributed by atoms with van der Waals surface area (Å²) in [6.45, 7) is 0. The van der Waals surface area contributed by atoms with E-state index in [4.69, 9.17) is 17.1 Å². The van der Waals surface area contributed by atoms with E-state index in [9.17, 15) is 9.50 Å². The lowest BCUT2D eigenvalue weighted by Gasteiger charge is -2.30. The molecule has 1 atom stereocenters. The minimum absolute atomic E-state index is 0.0699. The summed E-state index contributed by atoms with van der Waals surface area (Å²) in [5.41, 5.74) is -2.48. The molecule has 22 heavy (non-hydrogen) atoms. The number of nitrogens with zero attached hydrogens (tertiary/aromatic N) is 2. The number of rotatable bonds is 3. The minimum Gasteiger partial charge on any atom is -0.376 e. The van der Waals surface area contributed by atoms with Crippen molar-refractivity contribution in [3.05, 3.63) is 94.7 Å². The van der Waals surface area contributed by atoms with Gasteiger partial charge in [0.05, 0.1) is 5.48 Å². The molecule has 0 aliphatic carbocycles. The molecule has 0 aliphatic heterocycles. The first-order chi connectivity index (χ1) is 12.3. The third-order valence-electron chi connectivity index (χ3n) is 3.20. The second-order valence-electron chi connectivity index (χ2n) is 4.51. The number of aliphatic hydroxyl groups is 1. The van der Waals surface area contributed by atoms with E-state index in [1.165, 1.54) is 30.9 Å². The number of hydrogen-bond acceptors (Lipinski definition) is 3. The Morgan fingerprint density at radius 3 is 2.32 bits per heavy atom. The van der Waals surface area contributed by atoms with Gasteiger partial charge in [-0.3, -0.25) is 0 Å². The van der Waals surface area contributed by atoms with E-state index in [1.807, 2.05) is 0 Å². The summed E-state index contributed by atoms with van der Waals surface area (Å²) in [5.74, 6) is -1.30. The maximum absolute atomic E-state index is 14.0. The van der Waals surface area contributed by atoms with Crippen LogP contribution in [0.5, 0.6) is 0 Å². The van der Waals surface area contributed by atoms with Crippen LogP contribution in [0.25, 0.3) is 0 Å². The van der Waals surface area contributed by atoms with Crippen LogP contribution >= 0.6 is 11.6 Å². The molecule has 1 heterocycles. The monoisotopic (exact) mass is 318 g/mol. The topological polar surface area (TPSA) is 46.0 Å². The molecule has 1 unspecified atom stereocenters. The highest BCUT2D eigenvalue weighted by Crippen LogP contribution is 2.39. The van der Waals surface area contributed by atoms with Crippen LogP contribution in [-0.2, 0) is 5.60 Å². The number of hydrogen-bond donors (Lipinski definition) is 1. The molecule has 0 saturated carbocycles. The quantitative estimate of drug-likeness (QED) is 0.803. The van der Waals surface area contributed by atoms with Gasteiger partial charge in [-0.25, -0.2) is 14.4 Å². The van der Waals surface area contributed by atoms with Gasteiger partial charge in [0.15, 0.2) is 0 Å². The van der Waals surface area contributed by atoms with Crippen LogP contribution in [0.15, 0.2) is 67.2 Å². The van der Waals surface area contributed by atoms with Crippen molar-refractivity contribution >= 4 is 11.6 Å². The van der Waals surface area contributed by atoms with Gasteiger partial charge in [0, 0.05) is 28.5 Å². The number of aromatic nitrogens is 2. The van der Waals surface area contributed by atoms with Crippen LogP contribution in [0.3, 0.4) is 0 Å². The Labute approximate surface area is 137 Å². The summed E-state index contributed by atoms with van der Waals surface area (Å²) in [6, 6.07) is 3.01. The Morgan fingerprint density at radius 1 is 1.05 bits per heavy atom. The summed E-state index contributed by atoms with van der Waals surface area (Å²) in [5, 5.41) is 11.7. The van der Waals surface area contributed by atoms with E-state index in [-0.39, 0.29) is 16.1 Å². The Kier molecular flexibility index (Phi) is 2.76. The van der Waals surface area contributed by atoms with Crippen LogP contribution < -0.4 is 0 Å². The number of benzene rings is 2. The standard InChI is InChI=1S/C17H12ClFN2O/c18-16-4-2-1-3-15(16)17(22,13-9-20-11-21-10-13)12-5-7-14(19)8-6-12/h1-11,22H/i5D,6D,7D,8D. The van der Waals surface area contributed by atoms with Crippen LogP contribution in [0, 0.1) is 5.82 Å². The first-order valence-electron chi connectivity index (χ1n) is 8.29. The van der Waals surface area contributed by atoms with Gasteiger partial charge < -0.3 is 5.11 Å². The van der Waals surface area contributed by atoms with Gasteiger partial charge in [-0.2, -0.15) is 0 Å². The van der Waals surface area contributed by atoms with E-state index in [1.54, 1.807) is 12.1 Å². The van der Waals surface area contributed by atoms with E-state index in [0.29, 0.717) is 0 Å². The molecule has 2 aromatic carbocycles. The largest absolute Gasteiger partial charge is 0.376 e. The predicted molar refractivity (Wildman–Crippen MR) is 82.0 cm³/mol. The summed E-state index contributed by atoms with van der Waals surface area (Å²) in [6.07, 6.45) is 3.77. The highest BCUT2D eigenvalue weighted by molar-refractivity contribution is 6.31. The molecule has 0 spiro atoms. The third-order valence-corrected chi connectivity index (χ3v) is 3.53. The average molecular weight is 319 g/mol. The SMILES string of the molecule is [2H]c1c([2H])c(C(O)(c2cncnc2)c2ccccc2Cl)c([2H])c([2H])c1F. The lowest BCUT2D eigenvalue weighted by Crippen LogP contribution is -2.29. The van der Waals surface area contributed by atoms with Gasteiger partial charge in [-0.1, -0.05) is 41.9 Å². The van der Waals surface area contributed by atoms with Crippen LogP contribution in [0.4, 0.5) is 4.39 Å². The van der Waals surface area contributed by atoms with E-state index >= 15 is 0 Å². The minimum atomic E-state index is -2.22. The molecule has 0 aliphatic rings. The Balaban J connectivity index is 2.48. The molecule has 0 amide bonds. The van der Waals surface area contributed by atoms with Gasteiger partial charge in [-0.15, -0.1) is 0 Å². The summed E-state index contributed by atoms with van der Waals surface area (Å²) >= 11 is 6.23. The van der Waals surface area contributed by atoms with Crippen molar-refractivity contribution < 1.29 is 15.0 Å². The van der Waals surface area contributed by atoms with Crippen molar-refractivity contribution in [2.75, 3.05) is 0 Å². The smallest absolute Gasteiger partial charge is 0.144 e. The van der Waals surface area contributed by atoms with Crippen molar-refractivity contribution in [2.24, 2.45) is 0 Å². The Hall–Kier alpha value is -2.30. The molecule has 0 saturated heterocycles. The molecule has 0 radical (unpaired) electrons.